The molecule has 1 saturated carbocycles. The predicted octanol–water partition coefficient (Wildman–Crippen LogP) is 3.63. The van der Waals surface area contributed by atoms with Crippen LogP contribution in [0.5, 0.6) is 0 Å². The summed E-state index contributed by atoms with van der Waals surface area (Å²) in [4.78, 5) is 0. The molecule has 1 aliphatic carbocycles. The van der Waals surface area contributed by atoms with Gasteiger partial charge in [-0.3, -0.25) is 0 Å². The average Bonchev–Trinajstić information content (AvgIpc) is 2.40. The van der Waals surface area contributed by atoms with Gasteiger partial charge in [-0.25, -0.2) is 0 Å². The summed E-state index contributed by atoms with van der Waals surface area (Å²) in [6.07, 6.45) is -0.572. The molecule has 0 heterocycles. The van der Waals surface area contributed by atoms with E-state index in [9.17, 15) is 13.2 Å². The van der Waals surface area contributed by atoms with E-state index in [1.54, 1.807) is 19.1 Å². The van der Waals surface area contributed by atoms with E-state index >= 15 is 0 Å². The molecule has 3 N–H and O–H groups in total. The highest BCUT2D eigenvalue weighted by molar-refractivity contribution is 5.32. The normalized spacial score (nSPS) is 25.4. The molecule has 2 nitrogen and oxygen atoms in total. The van der Waals surface area contributed by atoms with Crippen LogP contribution in [-0.2, 0) is 6.18 Å². The van der Waals surface area contributed by atoms with Crippen LogP contribution in [0.1, 0.15) is 49.8 Å². The standard InChI is InChI=1S/C15H21F3N2/c1-10(20-12-8-6-11(19)7-9-12)13-4-2-3-5-14(13)15(16,17)18/h2-5,10-12,20H,6-9,19H2,1H3. The molecule has 1 fully saturated rings. The molecule has 1 aromatic rings. The lowest BCUT2D eigenvalue weighted by Crippen LogP contribution is -2.38. The fraction of sp³-hybridized carbons (Fsp3) is 0.600. The predicted molar refractivity (Wildman–Crippen MR) is 73.2 cm³/mol. The van der Waals surface area contributed by atoms with Crippen molar-refractivity contribution in [2.75, 3.05) is 0 Å². The monoisotopic (exact) mass is 286 g/mol. The van der Waals surface area contributed by atoms with Gasteiger partial charge in [0, 0.05) is 18.1 Å². The summed E-state index contributed by atoms with van der Waals surface area (Å²) < 4.78 is 39.0. The molecule has 0 saturated heterocycles. The Morgan fingerprint density at radius 3 is 2.35 bits per heavy atom. The Morgan fingerprint density at radius 2 is 1.75 bits per heavy atom. The smallest absolute Gasteiger partial charge is 0.328 e. The molecule has 0 spiro atoms. The largest absolute Gasteiger partial charge is 0.416 e. The van der Waals surface area contributed by atoms with Gasteiger partial charge in [0.2, 0.25) is 0 Å². The van der Waals surface area contributed by atoms with E-state index in [2.05, 4.69) is 5.32 Å². The van der Waals surface area contributed by atoms with E-state index in [-0.39, 0.29) is 18.1 Å². The van der Waals surface area contributed by atoms with Crippen LogP contribution in [0.2, 0.25) is 0 Å². The van der Waals surface area contributed by atoms with Crippen LogP contribution in [0.15, 0.2) is 24.3 Å². The van der Waals surface area contributed by atoms with E-state index < -0.39 is 11.7 Å². The number of hydrogen-bond donors (Lipinski definition) is 2. The quantitative estimate of drug-likeness (QED) is 0.890. The number of nitrogens with one attached hydrogen (secondary N) is 1. The zero-order valence-electron chi connectivity index (χ0n) is 11.6. The summed E-state index contributed by atoms with van der Waals surface area (Å²) in [5.41, 5.74) is 5.61. The molecule has 0 bridgehead atoms. The zero-order valence-corrected chi connectivity index (χ0v) is 11.6. The van der Waals surface area contributed by atoms with Gasteiger partial charge >= 0.3 is 6.18 Å². The van der Waals surface area contributed by atoms with Crippen LogP contribution in [0.25, 0.3) is 0 Å². The first-order valence-corrected chi connectivity index (χ1v) is 7.05. The SMILES string of the molecule is CC(NC1CCC(N)CC1)c1ccccc1C(F)(F)F. The van der Waals surface area contributed by atoms with Gasteiger partial charge in [0.05, 0.1) is 5.56 Å². The van der Waals surface area contributed by atoms with Crippen molar-refractivity contribution in [1.82, 2.24) is 5.32 Å². The van der Waals surface area contributed by atoms with Crippen LogP contribution < -0.4 is 11.1 Å². The Hall–Kier alpha value is -1.07. The topological polar surface area (TPSA) is 38.0 Å². The van der Waals surface area contributed by atoms with Crippen LogP contribution in [0.3, 0.4) is 0 Å². The maximum absolute atomic E-state index is 13.0. The van der Waals surface area contributed by atoms with Crippen molar-refractivity contribution in [1.29, 1.82) is 0 Å². The van der Waals surface area contributed by atoms with E-state index in [1.165, 1.54) is 6.07 Å². The van der Waals surface area contributed by atoms with Gasteiger partial charge in [0.25, 0.3) is 0 Å². The molecule has 1 aliphatic rings. The highest BCUT2D eigenvalue weighted by atomic mass is 19.4. The van der Waals surface area contributed by atoms with Gasteiger partial charge in [-0.2, -0.15) is 13.2 Å². The van der Waals surface area contributed by atoms with Crippen molar-refractivity contribution in [3.05, 3.63) is 35.4 Å². The number of benzene rings is 1. The van der Waals surface area contributed by atoms with Crippen molar-refractivity contribution >= 4 is 0 Å². The molecular weight excluding hydrogens is 265 g/mol. The van der Waals surface area contributed by atoms with Gasteiger partial charge in [-0.05, 0) is 44.2 Å². The van der Waals surface area contributed by atoms with E-state index in [4.69, 9.17) is 5.73 Å². The minimum absolute atomic E-state index is 0.241. The number of halogens is 3. The highest BCUT2D eigenvalue weighted by Crippen LogP contribution is 2.34. The molecule has 1 unspecified atom stereocenters. The van der Waals surface area contributed by atoms with Crippen molar-refractivity contribution in [2.24, 2.45) is 5.73 Å². The number of alkyl halides is 3. The van der Waals surface area contributed by atoms with Gasteiger partial charge in [-0.1, -0.05) is 18.2 Å². The first-order valence-electron chi connectivity index (χ1n) is 7.05. The molecule has 112 valence electrons. The highest BCUT2D eigenvalue weighted by Gasteiger charge is 2.34. The van der Waals surface area contributed by atoms with Crippen LogP contribution >= 0.6 is 0 Å². The Bertz CT molecular complexity index is 437. The van der Waals surface area contributed by atoms with E-state index in [0.29, 0.717) is 5.56 Å². The Labute approximate surface area is 117 Å². The summed E-state index contributed by atoms with van der Waals surface area (Å²) >= 11 is 0. The molecule has 2 rings (SSSR count). The second-order valence-corrected chi connectivity index (χ2v) is 5.59. The maximum atomic E-state index is 13.0. The fourth-order valence-corrected chi connectivity index (χ4v) is 2.86. The molecule has 0 aliphatic heterocycles. The van der Waals surface area contributed by atoms with Crippen molar-refractivity contribution < 1.29 is 13.2 Å². The third-order valence-electron chi connectivity index (χ3n) is 3.99. The maximum Gasteiger partial charge on any atom is 0.416 e. The Balaban J connectivity index is 2.08. The zero-order chi connectivity index (χ0) is 14.8. The lowest BCUT2D eigenvalue weighted by molar-refractivity contribution is -0.138. The van der Waals surface area contributed by atoms with E-state index in [1.807, 2.05) is 0 Å². The van der Waals surface area contributed by atoms with Crippen LogP contribution in [0, 0.1) is 0 Å². The van der Waals surface area contributed by atoms with Crippen LogP contribution in [-0.4, -0.2) is 12.1 Å². The second kappa shape index (κ2) is 6.14. The van der Waals surface area contributed by atoms with Crippen molar-refractivity contribution in [3.8, 4) is 0 Å². The number of hydrogen-bond acceptors (Lipinski definition) is 2. The van der Waals surface area contributed by atoms with E-state index in [0.717, 1.165) is 31.7 Å². The third kappa shape index (κ3) is 3.73. The minimum Gasteiger partial charge on any atom is -0.328 e. The molecule has 1 aromatic carbocycles. The summed E-state index contributed by atoms with van der Waals surface area (Å²) in [6, 6.07) is 5.96. The molecule has 5 heteroatoms. The molecule has 0 amide bonds. The van der Waals surface area contributed by atoms with Gasteiger partial charge in [-0.15, -0.1) is 0 Å². The lowest BCUT2D eigenvalue weighted by Gasteiger charge is -2.30. The summed E-state index contributed by atoms with van der Waals surface area (Å²) in [5, 5.41) is 3.31. The molecular formula is C15H21F3N2. The first-order chi connectivity index (χ1) is 9.38. The second-order valence-electron chi connectivity index (χ2n) is 5.59. The van der Waals surface area contributed by atoms with Crippen LogP contribution in [0.4, 0.5) is 13.2 Å². The lowest BCUT2D eigenvalue weighted by atomic mass is 9.90. The Kier molecular flexibility index (Phi) is 4.70. The first kappa shape index (κ1) is 15.3. The molecule has 0 radical (unpaired) electrons. The van der Waals surface area contributed by atoms with Gasteiger partial charge in [0.1, 0.15) is 0 Å². The van der Waals surface area contributed by atoms with Crippen molar-refractivity contribution in [2.45, 2.75) is 56.9 Å². The Morgan fingerprint density at radius 1 is 1.15 bits per heavy atom. The van der Waals surface area contributed by atoms with Crippen molar-refractivity contribution in [3.63, 3.8) is 0 Å². The van der Waals surface area contributed by atoms with Gasteiger partial charge < -0.3 is 11.1 Å². The fourth-order valence-electron chi connectivity index (χ4n) is 2.86. The summed E-state index contributed by atoms with van der Waals surface area (Å²) in [6.45, 7) is 1.79. The third-order valence-corrected chi connectivity index (χ3v) is 3.99. The summed E-state index contributed by atoms with van der Waals surface area (Å²) in [5.74, 6) is 0. The molecule has 0 aromatic heterocycles. The number of rotatable bonds is 3. The van der Waals surface area contributed by atoms with Gasteiger partial charge in [0.15, 0.2) is 0 Å². The number of nitrogens with two attached hydrogens (primary N) is 1. The summed E-state index contributed by atoms with van der Waals surface area (Å²) in [7, 11) is 0. The molecule has 1 atom stereocenters. The average molecular weight is 286 g/mol. The minimum atomic E-state index is -4.30. The molecule has 20 heavy (non-hydrogen) atoms.